The third-order valence-corrected chi connectivity index (χ3v) is 6.46. The predicted octanol–water partition coefficient (Wildman–Crippen LogP) is 3.74. The molecule has 2 aromatic rings. The van der Waals surface area contributed by atoms with Crippen LogP contribution >= 0.6 is 0 Å². The molecule has 0 aliphatic carbocycles. The molecule has 2 aliphatic rings. The fraction of sp³-hybridized carbons (Fsp3) is 0.542. The Bertz CT molecular complexity index is 888. The molecule has 0 N–H and O–H groups in total. The largest absolute Gasteiger partial charge is 0.489 e. The van der Waals surface area contributed by atoms with Gasteiger partial charge in [-0.25, -0.2) is 0 Å². The van der Waals surface area contributed by atoms with Gasteiger partial charge >= 0.3 is 0 Å². The molecule has 1 aromatic carbocycles. The first kappa shape index (κ1) is 21.4. The number of carbonyl (C=O) groups excluding carboxylic acids is 2. The van der Waals surface area contributed by atoms with Crippen molar-refractivity contribution in [3.05, 3.63) is 46.8 Å². The summed E-state index contributed by atoms with van der Waals surface area (Å²) in [6.07, 6.45) is 4.95. The van der Waals surface area contributed by atoms with Crippen LogP contribution in [0.3, 0.4) is 0 Å². The lowest BCUT2D eigenvalue weighted by molar-refractivity contribution is -0.137. The van der Waals surface area contributed by atoms with Crippen LogP contribution in [0, 0.1) is 19.8 Å². The summed E-state index contributed by atoms with van der Waals surface area (Å²) in [6, 6.07) is 7.24. The molecule has 0 unspecified atom stereocenters. The number of carbonyl (C=O) groups is 2. The van der Waals surface area contributed by atoms with Crippen molar-refractivity contribution in [1.29, 1.82) is 0 Å². The molecule has 2 amide bonds. The van der Waals surface area contributed by atoms with E-state index in [0.717, 1.165) is 55.8 Å². The minimum Gasteiger partial charge on any atom is -0.489 e. The number of rotatable bonds is 5. The molecular weight excluding hydrogens is 394 g/mol. The average molecular weight is 426 g/mol. The van der Waals surface area contributed by atoms with Crippen molar-refractivity contribution < 1.29 is 18.8 Å². The second-order valence-corrected chi connectivity index (χ2v) is 8.57. The number of aryl methyl sites for hydroxylation is 2. The molecule has 0 atom stereocenters. The molecule has 2 fully saturated rings. The number of amides is 2. The van der Waals surface area contributed by atoms with Gasteiger partial charge in [-0.3, -0.25) is 9.59 Å². The van der Waals surface area contributed by atoms with Crippen molar-refractivity contribution in [2.24, 2.45) is 5.92 Å². The minimum atomic E-state index is 0.0149. The highest BCUT2D eigenvalue weighted by Crippen LogP contribution is 2.24. The summed E-state index contributed by atoms with van der Waals surface area (Å²) in [6.45, 7) is 7.18. The number of hydrogen-bond donors (Lipinski definition) is 0. The number of aromatic nitrogens is 1. The third kappa shape index (κ3) is 4.92. The molecular formula is C24H31N3O4. The van der Waals surface area contributed by atoms with Crippen LogP contribution in [0.4, 0.5) is 0 Å². The van der Waals surface area contributed by atoms with Crippen LogP contribution in [-0.4, -0.2) is 52.9 Å². The van der Waals surface area contributed by atoms with Gasteiger partial charge in [-0.2, -0.15) is 0 Å². The van der Waals surface area contributed by atoms with Gasteiger partial charge in [-0.05, 0) is 70.2 Å². The van der Waals surface area contributed by atoms with Gasteiger partial charge < -0.3 is 19.1 Å². The van der Waals surface area contributed by atoms with Gasteiger partial charge in [-0.15, -0.1) is 0 Å². The zero-order valence-corrected chi connectivity index (χ0v) is 18.4. The molecule has 7 nitrogen and oxygen atoms in total. The van der Waals surface area contributed by atoms with E-state index < -0.39 is 0 Å². The Labute approximate surface area is 183 Å². The molecule has 3 heterocycles. The maximum atomic E-state index is 12.9. The van der Waals surface area contributed by atoms with E-state index in [0.29, 0.717) is 31.0 Å². The SMILES string of the molecule is Cc1noc(C)c1COc1ccc(C(=O)N2CCC(C(=O)N3CCCCC3)CC2)cc1. The Morgan fingerprint density at radius 2 is 1.68 bits per heavy atom. The van der Waals surface area contributed by atoms with Crippen molar-refractivity contribution in [2.75, 3.05) is 26.2 Å². The summed E-state index contributed by atoms with van der Waals surface area (Å²) in [5.41, 5.74) is 2.42. The Hall–Kier alpha value is -2.83. The Morgan fingerprint density at radius 3 is 2.29 bits per heavy atom. The Morgan fingerprint density at radius 1 is 1.00 bits per heavy atom. The lowest BCUT2D eigenvalue weighted by Crippen LogP contribution is -2.45. The summed E-state index contributed by atoms with van der Waals surface area (Å²) < 4.78 is 11.0. The summed E-state index contributed by atoms with van der Waals surface area (Å²) in [5.74, 6) is 1.81. The van der Waals surface area contributed by atoms with Crippen molar-refractivity contribution in [3.63, 3.8) is 0 Å². The average Bonchev–Trinajstić information content (AvgIpc) is 3.15. The zero-order valence-electron chi connectivity index (χ0n) is 18.4. The monoisotopic (exact) mass is 425 g/mol. The van der Waals surface area contributed by atoms with Crippen molar-refractivity contribution in [2.45, 2.75) is 52.6 Å². The van der Waals surface area contributed by atoms with E-state index in [1.807, 2.05) is 35.8 Å². The molecule has 1 aromatic heterocycles. The second kappa shape index (κ2) is 9.54. The Balaban J connectivity index is 1.28. The van der Waals surface area contributed by atoms with Crippen molar-refractivity contribution in [1.82, 2.24) is 15.0 Å². The molecule has 2 aliphatic heterocycles. The van der Waals surface area contributed by atoms with E-state index in [4.69, 9.17) is 9.26 Å². The maximum absolute atomic E-state index is 12.9. The molecule has 4 rings (SSSR count). The number of hydrogen-bond acceptors (Lipinski definition) is 5. The molecule has 31 heavy (non-hydrogen) atoms. The first-order valence-electron chi connectivity index (χ1n) is 11.3. The zero-order chi connectivity index (χ0) is 21.8. The third-order valence-electron chi connectivity index (χ3n) is 6.46. The molecule has 166 valence electrons. The highest BCUT2D eigenvalue weighted by Gasteiger charge is 2.31. The first-order valence-corrected chi connectivity index (χ1v) is 11.3. The van der Waals surface area contributed by atoms with Crippen molar-refractivity contribution >= 4 is 11.8 Å². The van der Waals surface area contributed by atoms with E-state index in [-0.39, 0.29) is 17.7 Å². The van der Waals surface area contributed by atoms with Gasteiger partial charge in [0, 0.05) is 37.7 Å². The summed E-state index contributed by atoms with van der Waals surface area (Å²) in [7, 11) is 0. The Kier molecular flexibility index (Phi) is 6.59. The number of benzene rings is 1. The van der Waals surface area contributed by atoms with Crippen LogP contribution < -0.4 is 4.74 Å². The fourth-order valence-corrected chi connectivity index (χ4v) is 4.44. The van der Waals surface area contributed by atoms with Crippen LogP contribution in [0.2, 0.25) is 0 Å². The number of nitrogens with zero attached hydrogens (tertiary/aromatic N) is 3. The fourth-order valence-electron chi connectivity index (χ4n) is 4.44. The number of ether oxygens (including phenoxy) is 1. The van der Waals surface area contributed by atoms with Crippen molar-refractivity contribution in [3.8, 4) is 5.75 Å². The molecule has 7 heteroatoms. The molecule has 0 spiro atoms. The first-order chi connectivity index (χ1) is 15.0. The summed E-state index contributed by atoms with van der Waals surface area (Å²) in [4.78, 5) is 29.5. The standard InChI is InChI=1S/C24H31N3O4/c1-17-22(18(2)31-25-17)16-30-21-8-6-19(7-9-21)23(28)27-14-10-20(11-15-27)24(29)26-12-4-3-5-13-26/h6-9,20H,3-5,10-16H2,1-2H3. The molecule has 0 saturated carbocycles. The van der Waals surface area contributed by atoms with Gasteiger partial charge in [0.2, 0.25) is 5.91 Å². The van der Waals surface area contributed by atoms with Gasteiger partial charge in [-0.1, -0.05) is 5.16 Å². The van der Waals surface area contributed by atoms with Gasteiger partial charge in [0.1, 0.15) is 18.1 Å². The predicted molar refractivity (Wildman–Crippen MR) is 116 cm³/mol. The highest BCUT2D eigenvalue weighted by molar-refractivity contribution is 5.94. The lowest BCUT2D eigenvalue weighted by atomic mass is 9.94. The van der Waals surface area contributed by atoms with E-state index in [2.05, 4.69) is 5.16 Å². The lowest BCUT2D eigenvalue weighted by Gasteiger charge is -2.35. The topological polar surface area (TPSA) is 75.9 Å². The van der Waals surface area contributed by atoms with Gasteiger partial charge in [0.25, 0.3) is 5.91 Å². The number of likely N-dealkylation sites (tertiary alicyclic amines) is 2. The second-order valence-electron chi connectivity index (χ2n) is 8.57. The van der Waals surface area contributed by atoms with E-state index in [1.165, 1.54) is 6.42 Å². The van der Waals surface area contributed by atoms with Crippen LogP contribution in [0.5, 0.6) is 5.75 Å². The smallest absolute Gasteiger partial charge is 0.253 e. The summed E-state index contributed by atoms with van der Waals surface area (Å²) in [5, 5.41) is 3.93. The van der Waals surface area contributed by atoms with Gasteiger partial charge in [0.05, 0.1) is 11.3 Å². The number of piperidine rings is 2. The van der Waals surface area contributed by atoms with Crippen LogP contribution in [0.25, 0.3) is 0 Å². The quantitative estimate of drug-likeness (QED) is 0.730. The minimum absolute atomic E-state index is 0.0149. The highest BCUT2D eigenvalue weighted by atomic mass is 16.5. The summed E-state index contributed by atoms with van der Waals surface area (Å²) >= 11 is 0. The van der Waals surface area contributed by atoms with Crippen LogP contribution in [0.1, 0.15) is 59.5 Å². The normalized spacial score (nSPS) is 17.6. The van der Waals surface area contributed by atoms with E-state index in [9.17, 15) is 9.59 Å². The molecule has 2 saturated heterocycles. The maximum Gasteiger partial charge on any atom is 0.253 e. The van der Waals surface area contributed by atoms with Gasteiger partial charge in [0.15, 0.2) is 0 Å². The molecule has 0 radical (unpaired) electrons. The van der Waals surface area contributed by atoms with Crippen LogP contribution in [-0.2, 0) is 11.4 Å². The van der Waals surface area contributed by atoms with Crippen LogP contribution in [0.15, 0.2) is 28.8 Å². The van der Waals surface area contributed by atoms with E-state index >= 15 is 0 Å². The molecule has 0 bridgehead atoms. The van der Waals surface area contributed by atoms with E-state index in [1.54, 1.807) is 12.1 Å².